The third-order valence-corrected chi connectivity index (χ3v) is 2.85. The first-order chi connectivity index (χ1) is 9.57. The third kappa shape index (κ3) is 11.9. The second-order valence-electron chi connectivity index (χ2n) is 3.98. The number of hydrogen-bond acceptors (Lipinski definition) is 5. The highest BCUT2D eigenvalue weighted by molar-refractivity contribution is 7.77. The van der Waals surface area contributed by atoms with E-state index >= 15 is 0 Å². The van der Waals surface area contributed by atoms with Gasteiger partial charge in [0.15, 0.2) is 0 Å². The van der Waals surface area contributed by atoms with Crippen LogP contribution < -0.4 is 5.32 Å². The van der Waals surface area contributed by atoms with E-state index in [9.17, 15) is 9.59 Å². The lowest BCUT2D eigenvalue weighted by Gasteiger charge is -2.08. The van der Waals surface area contributed by atoms with Gasteiger partial charge in [0.1, 0.15) is 19.0 Å². The van der Waals surface area contributed by atoms with Crippen molar-refractivity contribution in [3.05, 3.63) is 12.2 Å². The zero-order valence-electron chi connectivity index (χ0n) is 12.1. The van der Waals surface area contributed by atoms with Crippen molar-refractivity contribution >= 4 is 23.8 Å². The quantitative estimate of drug-likeness (QED) is 0.200. The van der Waals surface area contributed by atoms with Crippen molar-refractivity contribution in [1.82, 2.24) is 5.32 Å². The Hall–Kier alpha value is -1.21. The Kier molecular flexibility index (Phi) is 12.0. The molecule has 0 saturated heterocycles. The minimum atomic E-state index is -0.549. The SMILES string of the molecule is C=C(C)C(=O)OCCNC(=O)OCCOCCC[SH+]C. The molecular weight excluding hydrogens is 282 g/mol. The number of hydrogen-bond donors (Lipinski definition) is 1. The number of esters is 1. The van der Waals surface area contributed by atoms with E-state index in [1.807, 2.05) is 0 Å². The summed E-state index contributed by atoms with van der Waals surface area (Å²) in [7, 11) is 0. The van der Waals surface area contributed by atoms with Crippen molar-refractivity contribution < 1.29 is 23.8 Å². The van der Waals surface area contributed by atoms with Gasteiger partial charge in [-0.3, -0.25) is 0 Å². The van der Waals surface area contributed by atoms with Gasteiger partial charge in [0.25, 0.3) is 0 Å². The average Bonchev–Trinajstić information content (AvgIpc) is 2.42. The molecule has 1 amide bonds. The predicted molar refractivity (Wildman–Crippen MR) is 80.1 cm³/mol. The van der Waals surface area contributed by atoms with Gasteiger partial charge < -0.3 is 19.5 Å². The van der Waals surface area contributed by atoms with Crippen LogP contribution in [0.1, 0.15) is 13.3 Å². The van der Waals surface area contributed by atoms with Crippen molar-refractivity contribution in [2.24, 2.45) is 0 Å². The number of carbonyl (C=O) groups excluding carboxylic acids is 2. The molecule has 116 valence electrons. The molecule has 7 heteroatoms. The first kappa shape index (κ1) is 18.8. The number of alkyl carbamates (subject to hydrolysis) is 1. The minimum Gasteiger partial charge on any atom is -0.460 e. The molecule has 0 saturated carbocycles. The highest BCUT2D eigenvalue weighted by Gasteiger charge is 2.04. The summed E-state index contributed by atoms with van der Waals surface area (Å²) in [4.78, 5) is 22.2. The summed E-state index contributed by atoms with van der Waals surface area (Å²) in [6, 6.07) is 0. The predicted octanol–water partition coefficient (Wildman–Crippen LogP) is 0.683. The van der Waals surface area contributed by atoms with Crippen LogP contribution >= 0.6 is 0 Å². The molecule has 0 aromatic rings. The molecule has 0 spiro atoms. The zero-order valence-corrected chi connectivity index (χ0v) is 13.0. The maximum atomic E-state index is 11.2. The molecule has 0 atom stereocenters. The Morgan fingerprint density at radius 3 is 2.55 bits per heavy atom. The van der Waals surface area contributed by atoms with E-state index in [-0.39, 0.29) is 19.8 Å². The Morgan fingerprint density at radius 1 is 1.15 bits per heavy atom. The molecule has 6 nitrogen and oxygen atoms in total. The Labute approximate surface area is 124 Å². The lowest BCUT2D eigenvalue weighted by molar-refractivity contribution is -0.138. The summed E-state index contributed by atoms with van der Waals surface area (Å²) in [5, 5.41) is 2.46. The van der Waals surface area contributed by atoms with E-state index in [1.54, 1.807) is 6.92 Å². The van der Waals surface area contributed by atoms with Gasteiger partial charge in [-0.15, -0.1) is 0 Å². The molecular formula is C13H24NO5S+. The zero-order chi connectivity index (χ0) is 15.2. The van der Waals surface area contributed by atoms with E-state index in [2.05, 4.69) is 18.2 Å². The van der Waals surface area contributed by atoms with E-state index in [0.717, 1.165) is 12.2 Å². The van der Waals surface area contributed by atoms with Gasteiger partial charge in [0, 0.05) is 12.0 Å². The van der Waals surface area contributed by atoms with Crippen molar-refractivity contribution in [2.45, 2.75) is 13.3 Å². The average molecular weight is 306 g/mol. The molecule has 0 aliphatic heterocycles. The van der Waals surface area contributed by atoms with Gasteiger partial charge in [-0.05, 0) is 18.7 Å². The van der Waals surface area contributed by atoms with Crippen LogP contribution in [0.15, 0.2) is 12.2 Å². The summed E-state index contributed by atoms with van der Waals surface area (Å²) in [6.45, 7) is 6.58. The highest BCUT2D eigenvalue weighted by Crippen LogP contribution is 1.90. The molecule has 0 heterocycles. The molecule has 0 unspecified atom stereocenters. The molecule has 0 radical (unpaired) electrons. The van der Waals surface area contributed by atoms with Crippen LogP contribution in [0.3, 0.4) is 0 Å². The fourth-order valence-electron chi connectivity index (χ4n) is 1.09. The molecule has 0 fully saturated rings. The summed E-state index contributed by atoms with van der Waals surface area (Å²) in [5.74, 6) is 0.643. The smallest absolute Gasteiger partial charge is 0.407 e. The molecule has 0 aromatic carbocycles. The second-order valence-corrected chi connectivity index (χ2v) is 5.06. The van der Waals surface area contributed by atoms with Gasteiger partial charge in [-0.25, -0.2) is 9.59 Å². The largest absolute Gasteiger partial charge is 0.460 e. The molecule has 0 aliphatic rings. The van der Waals surface area contributed by atoms with E-state index < -0.39 is 12.1 Å². The van der Waals surface area contributed by atoms with E-state index in [1.165, 1.54) is 11.8 Å². The van der Waals surface area contributed by atoms with Gasteiger partial charge >= 0.3 is 12.1 Å². The molecule has 0 rings (SSSR count). The molecule has 20 heavy (non-hydrogen) atoms. The topological polar surface area (TPSA) is 73.9 Å². The van der Waals surface area contributed by atoms with Crippen LogP contribution in [0.4, 0.5) is 4.79 Å². The van der Waals surface area contributed by atoms with E-state index in [4.69, 9.17) is 14.2 Å². The molecule has 0 bridgehead atoms. The number of nitrogens with one attached hydrogen (secondary N) is 1. The van der Waals surface area contributed by atoms with Crippen LogP contribution in [0.2, 0.25) is 0 Å². The van der Waals surface area contributed by atoms with Crippen LogP contribution in [-0.2, 0) is 30.8 Å². The molecule has 0 aliphatic carbocycles. The normalized spacial score (nSPS) is 9.90. The van der Waals surface area contributed by atoms with Crippen LogP contribution in [-0.4, -0.2) is 57.0 Å². The molecule has 0 aromatic heterocycles. The molecule has 1 N–H and O–H groups in total. The van der Waals surface area contributed by atoms with Crippen molar-refractivity contribution in [3.63, 3.8) is 0 Å². The Balaban J connectivity index is 3.33. The maximum Gasteiger partial charge on any atom is 0.407 e. The summed E-state index contributed by atoms with van der Waals surface area (Å²) in [6.07, 6.45) is 2.56. The number of carbonyl (C=O) groups is 2. The van der Waals surface area contributed by atoms with Gasteiger partial charge in [-0.1, -0.05) is 6.58 Å². The first-order valence-electron chi connectivity index (χ1n) is 6.44. The van der Waals surface area contributed by atoms with Crippen LogP contribution in [0.25, 0.3) is 0 Å². The lowest BCUT2D eigenvalue weighted by atomic mass is 10.4. The standard InChI is InChI=1S/C13H23NO5S/c1-11(2)12(15)18-7-5-14-13(16)19-9-8-17-6-4-10-20-3/h1,4-10H2,2-3H3,(H,14,16)/p+1. The number of rotatable bonds is 11. The monoisotopic (exact) mass is 306 g/mol. The van der Waals surface area contributed by atoms with Crippen molar-refractivity contribution in [1.29, 1.82) is 0 Å². The minimum absolute atomic E-state index is 0.0908. The Bertz CT molecular complexity index is 309. The number of ether oxygens (including phenoxy) is 3. The van der Waals surface area contributed by atoms with E-state index in [0.29, 0.717) is 18.8 Å². The third-order valence-electron chi connectivity index (χ3n) is 2.08. The first-order valence-corrected chi connectivity index (χ1v) is 7.97. The fourth-order valence-corrected chi connectivity index (χ4v) is 1.54. The summed E-state index contributed by atoms with van der Waals surface area (Å²) in [5.41, 5.74) is 0.326. The highest BCUT2D eigenvalue weighted by atomic mass is 32.2. The number of thiol groups is 1. The van der Waals surface area contributed by atoms with Crippen molar-refractivity contribution in [3.8, 4) is 0 Å². The summed E-state index contributed by atoms with van der Waals surface area (Å²) < 4.78 is 14.9. The van der Waals surface area contributed by atoms with Crippen LogP contribution in [0, 0.1) is 0 Å². The maximum absolute atomic E-state index is 11.2. The fraction of sp³-hybridized carbons (Fsp3) is 0.692. The van der Waals surface area contributed by atoms with Gasteiger partial charge in [-0.2, -0.15) is 0 Å². The van der Waals surface area contributed by atoms with Gasteiger partial charge in [0.2, 0.25) is 0 Å². The van der Waals surface area contributed by atoms with Crippen molar-refractivity contribution in [2.75, 3.05) is 45.0 Å². The lowest BCUT2D eigenvalue weighted by Crippen LogP contribution is -2.29. The number of amides is 1. The second kappa shape index (κ2) is 12.8. The van der Waals surface area contributed by atoms with Crippen LogP contribution in [0.5, 0.6) is 0 Å². The van der Waals surface area contributed by atoms with Gasteiger partial charge in [0.05, 0.1) is 26.0 Å². The Morgan fingerprint density at radius 2 is 1.90 bits per heavy atom. The summed E-state index contributed by atoms with van der Waals surface area (Å²) >= 11 is 1.36.